The summed E-state index contributed by atoms with van der Waals surface area (Å²) in [4.78, 5) is 36.3. The minimum atomic E-state index is -0.880. The van der Waals surface area contributed by atoms with Crippen LogP contribution in [0.4, 0.5) is 4.79 Å². The zero-order valence-corrected chi connectivity index (χ0v) is 14.1. The molecule has 0 aliphatic heterocycles. The molecule has 2 aliphatic carbocycles. The molecular formula is C19H21NO4. The summed E-state index contributed by atoms with van der Waals surface area (Å²) in [7, 11) is 0. The first-order valence-corrected chi connectivity index (χ1v) is 8.09. The van der Waals surface area contributed by atoms with Crippen LogP contribution in [0.15, 0.2) is 42.2 Å². The third-order valence-corrected chi connectivity index (χ3v) is 5.91. The minimum absolute atomic E-state index is 0.0472. The lowest BCUT2D eigenvalue weighted by molar-refractivity contribution is -0.125. The van der Waals surface area contributed by atoms with Crippen molar-refractivity contribution in [2.24, 2.45) is 16.7 Å². The van der Waals surface area contributed by atoms with E-state index in [1.54, 1.807) is 30.3 Å². The number of hydrogen-bond acceptors (Lipinski definition) is 4. The Bertz CT molecular complexity index is 735. The van der Waals surface area contributed by atoms with Crippen molar-refractivity contribution < 1.29 is 19.1 Å². The molecule has 5 heteroatoms. The summed E-state index contributed by atoms with van der Waals surface area (Å²) in [6, 6.07) is 8.40. The Balaban J connectivity index is 1.68. The summed E-state index contributed by atoms with van der Waals surface area (Å²) in [6.45, 7) is 6.15. The van der Waals surface area contributed by atoms with Crippen LogP contribution >= 0.6 is 0 Å². The van der Waals surface area contributed by atoms with E-state index < -0.39 is 17.4 Å². The van der Waals surface area contributed by atoms with E-state index in [0.29, 0.717) is 11.1 Å². The van der Waals surface area contributed by atoms with Gasteiger partial charge in [0.2, 0.25) is 0 Å². The molecule has 1 aromatic rings. The Morgan fingerprint density at radius 1 is 1.21 bits per heavy atom. The maximum Gasteiger partial charge on any atom is 0.419 e. The first-order valence-electron chi connectivity index (χ1n) is 8.09. The smallest absolute Gasteiger partial charge is 0.418 e. The van der Waals surface area contributed by atoms with Crippen molar-refractivity contribution in [3.05, 3.63) is 47.7 Å². The number of carbonyl (C=O) groups is 3. The first-order chi connectivity index (χ1) is 11.3. The van der Waals surface area contributed by atoms with Gasteiger partial charge in [0.05, 0.1) is 0 Å². The van der Waals surface area contributed by atoms with Crippen LogP contribution in [0, 0.1) is 16.7 Å². The summed E-state index contributed by atoms with van der Waals surface area (Å²) in [6.07, 6.45) is 2.12. The van der Waals surface area contributed by atoms with E-state index in [1.807, 2.05) is 6.92 Å². The standard InChI is InChI=1S/C19H21NO4/c1-18(2)14-9-10-19(18,3)15(21)13(14)11-24-17(23)20-16(22)12-7-5-4-6-8-12/h4-8,11,14H,9-10H2,1-3H3,(H,20,22,23). The second kappa shape index (κ2) is 5.58. The van der Waals surface area contributed by atoms with Crippen molar-refractivity contribution in [2.45, 2.75) is 33.6 Å². The highest BCUT2D eigenvalue weighted by atomic mass is 16.5. The highest BCUT2D eigenvalue weighted by Crippen LogP contribution is 2.65. The van der Waals surface area contributed by atoms with Crippen molar-refractivity contribution in [1.29, 1.82) is 0 Å². The molecule has 0 aromatic heterocycles. The van der Waals surface area contributed by atoms with Gasteiger partial charge in [-0.15, -0.1) is 0 Å². The van der Waals surface area contributed by atoms with Crippen LogP contribution in [0.5, 0.6) is 0 Å². The molecule has 0 radical (unpaired) electrons. The van der Waals surface area contributed by atoms with Gasteiger partial charge in [-0.3, -0.25) is 14.9 Å². The normalized spacial score (nSPS) is 28.9. The lowest BCUT2D eigenvalue weighted by Gasteiger charge is -2.31. The van der Waals surface area contributed by atoms with Crippen molar-refractivity contribution in [1.82, 2.24) is 5.32 Å². The van der Waals surface area contributed by atoms with Crippen molar-refractivity contribution in [2.75, 3.05) is 0 Å². The molecule has 1 aromatic carbocycles. The number of hydrogen-bond donors (Lipinski definition) is 1. The number of Topliss-reactive ketones (excluding diaryl/α,β-unsaturated/α-hetero) is 1. The Hall–Kier alpha value is -2.43. The molecule has 2 bridgehead atoms. The summed E-state index contributed by atoms with van der Waals surface area (Å²) >= 11 is 0. The van der Waals surface area contributed by atoms with E-state index >= 15 is 0 Å². The number of carbonyl (C=O) groups excluding carboxylic acids is 3. The van der Waals surface area contributed by atoms with Crippen LogP contribution in [0.3, 0.4) is 0 Å². The topological polar surface area (TPSA) is 72.5 Å². The first kappa shape index (κ1) is 16.4. The molecule has 5 nitrogen and oxygen atoms in total. The molecule has 3 rings (SSSR count). The van der Waals surface area contributed by atoms with E-state index in [0.717, 1.165) is 12.8 Å². The SMILES string of the molecule is CC12CCC(C(=COC(=O)NC(=O)c3ccccc3)C1=O)C2(C)C. The van der Waals surface area contributed by atoms with Crippen LogP contribution in [-0.2, 0) is 9.53 Å². The van der Waals surface area contributed by atoms with E-state index in [2.05, 4.69) is 19.2 Å². The number of fused-ring (bicyclic) bond motifs is 2. The summed E-state index contributed by atoms with van der Waals surface area (Å²) < 4.78 is 5.03. The molecule has 126 valence electrons. The number of imide groups is 1. The summed E-state index contributed by atoms with van der Waals surface area (Å²) in [5.41, 5.74) is 0.376. The molecule has 2 unspecified atom stereocenters. The largest absolute Gasteiger partial charge is 0.419 e. The predicted octanol–water partition coefficient (Wildman–Crippen LogP) is 3.46. The fourth-order valence-electron chi connectivity index (χ4n) is 3.96. The number of allylic oxidation sites excluding steroid dienone is 1. The second-order valence-corrected chi connectivity index (χ2v) is 7.27. The van der Waals surface area contributed by atoms with Gasteiger partial charge < -0.3 is 4.74 Å². The quantitative estimate of drug-likeness (QED) is 0.667. The third-order valence-electron chi connectivity index (χ3n) is 5.91. The molecule has 2 aliphatic rings. The fourth-order valence-corrected chi connectivity index (χ4v) is 3.96. The number of amides is 2. The number of alkyl carbamates (subject to hydrolysis) is 1. The highest BCUT2D eigenvalue weighted by Gasteiger charge is 2.64. The van der Waals surface area contributed by atoms with Gasteiger partial charge in [0, 0.05) is 16.6 Å². The maximum absolute atomic E-state index is 12.6. The molecular weight excluding hydrogens is 306 g/mol. The van der Waals surface area contributed by atoms with Gasteiger partial charge in [-0.25, -0.2) is 4.79 Å². The highest BCUT2D eigenvalue weighted by molar-refractivity contribution is 6.05. The Morgan fingerprint density at radius 2 is 1.88 bits per heavy atom. The number of ketones is 1. The van der Waals surface area contributed by atoms with Crippen LogP contribution < -0.4 is 5.32 Å². The van der Waals surface area contributed by atoms with Gasteiger partial charge in [-0.2, -0.15) is 0 Å². The molecule has 2 atom stereocenters. The van der Waals surface area contributed by atoms with Crippen LogP contribution in [-0.4, -0.2) is 17.8 Å². The fraction of sp³-hybridized carbons (Fsp3) is 0.421. The van der Waals surface area contributed by atoms with E-state index in [4.69, 9.17) is 4.74 Å². The van der Waals surface area contributed by atoms with Gasteiger partial charge >= 0.3 is 6.09 Å². The van der Waals surface area contributed by atoms with Crippen molar-refractivity contribution in [3.8, 4) is 0 Å². The van der Waals surface area contributed by atoms with Crippen LogP contribution in [0.1, 0.15) is 44.0 Å². The molecule has 0 saturated heterocycles. The van der Waals surface area contributed by atoms with E-state index in [9.17, 15) is 14.4 Å². The minimum Gasteiger partial charge on any atom is -0.418 e. The maximum atomic E-state index is 12.6. The molecule has 1 N–H and O–H groups in total. The lowest BCUT2D eigenvalue weighted by atomic mass is 9.70. The van der Waals surface area contributed by atoms with E-state index in [1.165, 1.54) is 6.26 Å². The van der Waals surface area contributed by atoms with Crippen LogP contribution in [0.25, 0.3) is 0 Å². The number of ether oxygens (including phenoxy) is 1. The zero-order chi connectivity index (χ0) is 17.5. The Morgan fingerprint density at radius 3 is 2.46 bits per heavy atom. The number of nitrogens with one attached hydrogen (secondary N) is 1. The average Bonchev–Trinajstić information content (AvgIpc) is 2.86. The summed E-state index contributed by atoms with van der Waals surface area (Å²) in [5.74, 6) is -0.399. The second-order valence-electron chi connectivity index (χ2n) is 7.27. The monoisotopic (exact) mass is 327 g/mol. The van der Waals surface area contributed by atoms with Gasteiger partial charge in [-0.05, 0) is 36.3 Å². The number of rotatable bonds is 2. The summed E-state index contributed by atoms with van der Waals surface area (Å²) in [5, 5.41) is 2.15. The lowest BCUT2D eigenvalue weighted by Crippen LogP contribution is -2.32. The van der Waals surface area contributed by atoms with Crippen LogP contribution in [0.2, 0.25) is 0 Å². The van der Waals surface area contributed by atoms with Crippen molar-refractivity contribution >= 4 is 17.8 Å². The molecule has 24 heavy (non-hydrogen) atoms. The molecule has 2 amide bonds. The Labute approximate surface area is 141 Å². The molecule has 2 saturated carbocycles. The van der Waals surface area contributed by atoms with Gasteiger partial charge in [0.15, 0.2) is 5.78 Å². The molecule has 0 spiro atoms. The number of benzene rings is 1. The average molecular weight is 327 g/mol. The van der Waals surface area contributed by atoms with Gasteiger partial charge in [-0.1, -0.05) is 39.0 Å². The predicted molar refractivity (Wildman–Crippen MR) is 88.1 cm³/mol. The van der Waals surface area contributed by atoms with Gasteiger partial charge in [0.1, 0.15) is 6.26 Å². The third kappa shape index (κ3) is 2.35. The molecule has 0 heterocycles. The van der Waals surface area contributed by atoms with Gasteiger partial charge in [0.25, 0.3) is 5.91 Å². The zero-order valence-electron chi connectivity index (χ0n) is 14.1. The molecule has 2 fully saturated rings. The van der Waals surface area contributed by atoms with E-state index in [-0.39, 0.29) is 17.1 Å². The Kier molecular flexibility index (Phi) is 3.82. The van der Waals surface area contributed by atoms with Crippen molar-refractivity contribution in [3.63, 3.8) is 0 Å².